The zero-order chi connectivity index (χ0) is 11.5. The van der Waals surface area contributed by atoms with Crippen LogP contribution in [-0.2, 0) is 6.42 Å². The van der Waals surface area contributed by atoms with Crippen molar-refractivity contribution in [2.45, 2.75) is 25.3 Å². The van der Waals surface area contributed by atoms with Crippen LogP contribution in [0.25, 0.3) is 0 Å². The summed E-state index contributed by atoms with van der Waals surface area (Å²) in [5.74, 6) is 0.904. The second kappa shape index (κ2) is 5.15. The lowest BCUT2D eigenvalue weighted by Gasteiger charge is -2.24. The summed E-state index contributed by atoms with van der Waals surface area (Å²) in [6, 6.07) is 5.02. The van der Waals surface area contributed by atoms with E-state index in [2.05, 4.69) is 27.3 Å². The first-order valence-electron chi connectivity index (χ1n) is 6.76. The lowest BCUT2D eigenvalue weighted by atomic mass is 9.94. The molecule has 3 nitrogen and oxygen atoms in total. The number of likely N-dealkylation sites (tertiary alicyclic amines) is 1. The molecule has 2 aliphatic rings. The van der Waals surface area contributed by atoms with Gasteiger partial charge in [-0.2, -0.15) is 0 Å². The summed E-state index contributed by atoms with van der Waals surface area (Å²) < 4.78 is 0. The monoisotopic (exact) mass is 231 g/mol. The number of nitrogens with one attached hydrogen (secondary N) is 1. The molecule has 0 amide bonds. The van der Waals surface area contributed by atoms with Gasteiger partial charge in [0.05, 0.1) is 0 Å². The molecule has 92 valence electrons. The average molecular weight is 231 g/mol. The van der Waals surface area contributed by atoms with Crippen molar-refractivity contribution < 1.29 is 0 Å². The molecule has 0 saturated carbocycles. The Bertz CT molecular complexity index is 338. The van der Waals surface area contributed by atoms with Gasteiger partial charge in [0.25, 0.3) is 0 Å². The van der Waals surface area contributed by atoms with E-state index in [-0.39, 0.29) is 0 Å². The maximum atomic E-state index is 4.06. The van der Waals surface area contributed by atoms with Gasteiger partial charge in [-0.15, -0.1) is 0 Å². The average Bonchev–Trinajstić information content (AvgIpc) is 2.80. The van der Waals surface area contributed by atoms with Crippen LogP contribution in [0.2, 0.25) is 0 Å². The zero-order valence-corrected chi connectivity index (χ0v) is 10.3. The normalized spacial score (nSPS) is 29.2. The summed E-state index contributed by atoms with van der Waals surface area (Å²) in [5.41, 5.74) is 1.41. The standard InChI is InChI=1S/C14H21N3/c1-2-13-10-17(11-14(13)16-6-1)9-5-12-3-7-15-8-4-12/h3-4,7-8,13-14,16H,1-2,5-6,9-11H2/t13-,14+/m0/s1. The minimum Gasteiger partial charge on any atom is -0.312 e. The summed E-state index contributed by atoms with van der Waals surface area (Å²) in [6.07, 6.45) is 7.71. The Balaban J connectivity index is 1.50. The number of hydrogen-bond donors (Lipinski definition) is 1. The van der Waals surface area contributed by atoms with Crippen LogP contribution in [-0.4, -0.2) is 42.1 Å². The molecule has 2 atom stereocenters. The summed E-state index contributed by atoms with van der Waals surface area (Å²) >= 11 is 0. The first kappa shape index (κ1) is 11.2. The molecule has 0 aliphatic carbocycles. The molecule has 3 heteroatoms. The molecular weight excluding hydrogens is 210 g/mol. The maximum Gasteiger partial charge on any atom is 0.0270 e. The molecule has 2 fully saturated rings. The van der Waals surface area contributed by atoms with Gasteiger partial charge in [-0.3, -0.25) is 4.98 Å². The smallest absolute Gasteiger partial charge is 0.0270 e. The van der Waals surface area contributed by atoms with Crippen LogP contribution in [0.4, 0.5) is 0 Å². The van der Waals surface area contributed by atoms with E-state index in [1.165, 1.54) is 44.6 Å². The third-order valence-corrected chi connectivity index (χ3v) is 4.14. The number of aromatic nitrogens is 1. The van der Waals surface area contributed by atoms with Gasteiger partial charge in [-0.1, -0.05) is 0 Å². The van der Waals surface area contributed by atoms with Gasteiger partial charge in [0.1, 0.15) is 0 Å². The number of rotatable bonds is 3. The van der Waals surface area contributed by atoms with E-state index >= 15 is 0 Å². The Hall–Kier alpha value is -0.930. The van der Waals surface area contributed by atoms with Crippen LogP contribution >= 0.6 is 0 Å². The van der Waals surface area contributed by atoms with Gasteiger partial charge in [-0.05, 0) is 49.4 Å². The molecule has 2 aliphatic heterocycles. The molecule has 3 heterocycles. The molecule has 1 aromatic rings. The lowest BCUT2D eigenvalue weighted by Crippen LogP contribution is -2.40. The molecular formula is C14H21N3. The predicted octanol–water partition coefficient (Wildman–Crippen LogP) is 1.31. The van der Waals surface area contributed by atoms with Crippen molar-refractivity contribution in [1.82, 2.24) is 15.2 Å². The quantitative estimate of drug-likeness (QED) is 0.850. The van der Waals surface area contributed by atoms with E-state index in [9.17, 15) is 0 Å². The third kappa shape index (κ3) is 2.67. The minimum atomic E-state index is 0.765. The molecule has 17 heavy (non-hydrogen) atoms. The molecule has 0 aromatic carbocycles. The van der Waals surface area contributed by atoms with Crippen molar-refractivity contribution in [2.75, 3.05) is 26.2 Å². The van der Waals surface area contributed by atoms with Crippen molar-refractivity contribution in [1.29, 1.82) is 0 Å². The van der Waals surface area contributed by atoms with Crippen LogP contribution in [0, 0.1) is 5.92 Å². The van der Waals surface area contributed by atoms with Gasteiger partial charge in [0.15, 0.2) is 0 Å². The zero-order valence-electron chi connectivity index (χ0n) is 10.3. The van der Waals surface area contributed by atoms with Crippen molar-refractivity contribution in [2.24, 2.45) is 5.92 Å². The van der Waals surface area contributed by atoms with Crippen molar-refractivity contribution in [3.63, 3.8) is 0 Å². The fraction of sp³-hybridized carbons (Fsp3) is 0.643. The maximum absolute atomic E-state index is 4.06. The number of piperidine rings is 1. The van der Waals surface area contributed by atoms with E-state index in [1.807, 2.05) is 12.4 Å². The Morgan fingerprint density at radius 3 is 3.00 bits per heavy atom. The molecule has 0 radical (unpaired) electrons. The van der Waals surface area contributed by atoms with Gasteiger partial charge in [0, 0.05) is 38.1 Å². The summed E-state index contributed by atoms with van der Waals surface area (Å²) in [5, 5.41) is 3.66. The first-order chi connectivity index (χ1) is 8.42. The SMILES string of the molecule is c1cc(CCN2C[C@@H]3CCCN[C@@H]3C2)ccn1. The molecule has 2 saturated heterocycles. The van der Waals surface area contributed by atoms with Gasteiger partial charge < -0.3 is 10.2 Å². The number of fused-ring (bicyclic) bond motifs is 1. The summed E-state index contributed by atoms with van der Waals surface area (Å²) in [6.45, 7) is 4.95. The van der Waals surface area contributed by atoms with E-state index in [0.717, 1.165) is 18.4 Å². The van der Waals surface area contributed by atoms with E-state index < -0.39 is 0 Å². The van der Waals surface area contributed by atoms with Crippen LogP contribution in [0.15, 0.2) is 24.5 Å². The van der Waals surface area contributed by atoms with Crippen molar-refractivity contribution in [3.8, 4) is 0 Å². The summed E-state index contributed by atoms with van der Waals surface area (Å²) in [7, 11) is 0. The van der Waals surface area contributed by atoms with Crippen LogP contribution in [0.3, 0.4) is 0 Å². The number of nitrogens with zero attached hydrogens (tertiary/aromatic N) is 2. The number of pyridine rings is 1. The van der Waals surface area contributed by atoms with E-state index in [4.69, 9.17) is 0 Å². The fourth-order valence-electron chi connectivity index (χ4n) is 3.16. The number of hydrogen-bond acceptors (Lipinski definition) is 3. The Labute approximate surface area is 103 Å². The lowest BCUT2D eigenvalue weighted by molar-refractivity contribution is 0.322. The summed E-state index contributed by atoms with van der Waals surface area (Å²) in [4.78, 5) is 6.68. The van der Waals surface area contributed by atoms with Crippen molar-refractivity contribution in [3.05, 3.63) is 30.1 Å². The highest BCUT2D eigenvalue weighted by atomic mass is 15.2. The predicted molar refractivity (Wildman–Crippen MR) is 68.9 cm³/mol. The highest BCUT2D eigenvalue weighted by Crippen LogP contribution is 2.24. The molecule has 0 spiro atoms. The van der Waals surface area contributed by atoms with E-state index in [1.54, 1.807) is 0 Å². The van der Waals surface area contributed by atoms with Crippen LogP contribution in [0.1, 0.15) is 18.4 Å². The van der Waals surface area contributed by atoms with Gasteiger partial charge in [0.2, 0.25) is 0 Å². The van der Waals surface area contributed by atoms with Gasteiger partial charge in [-0.25, -0.2) is 0 Å². The van der Waals surface area contributed by atoms with E-state index in [0.29, 0.717) is 0 Å². The molecule has 1 N–H and O–H groups in total. The van der Waals surface area contributed by atoms with Crippen LogP contribution < -0.4 is 5.32 Å². The van der Waals surface area contributed by atoms with Crippen LogP contribution in [0.5, 0.6) is 0 Å². The Morgan fingerprint density at radius 2 is 2.18 bits per heavy atom. The molecule has 3 rings (SSSR count). The Kier molecular flexibility index (Phi) is 3.39. The van der Waals surface area contributed by atoms with Crippen molar-refractivity contribution >= 4 is 0 Å². The highest BCUT2D eigenvalue weighted by Gasteiger charge is 2.33. The van der Waals surface area contributed by atoms with Gasteiger partial charge >= 0.3 is 0 Å². The second-order valence-corrected chi connectivity index (χ2v) is 5.33. The Morgan fingerprint density at radius 1 is 1.29 bits per heavy atom. The topological polar surface area (TPSA) is 28.2 Å². The fourth-order valence-corrected chi connectivity index (χ4v) is 3.16. The molecule has 1 aromatic heterocycles. The molecule has 0 unspecified atom stereocenters. The largest absolute Gasteiger partial charge is 0.312 e. The highest BCUT2D eigenvalue weighted by molar-refractivity contribution is 5.10. The second-order valence-electron chi connectivity index (χ2n) is 5.33. The molecule has 0 bridgehead atoms. The third-order valence-electron chi connectivity index (χ3n) is 4.14. The minimum absolute atomic E-state index is 0.765. The first-order valence-corrected chi connectivity index (χ1v) is 6.76.